The van der Waals surface area contributed by atoms with Crippen molar-refractivity contribution >= 4 is 17.2 Å². The molecule has 2 fully saturated rings. The molecule has 0 spiro atoms. The van der Waals surface area contributed by atoms with Gasteiger partial charge in [-0.05, 0) is 29.3 Å². The average Bonchev–Trinajstić information content (AvgIpc) is 3.28. The second-order valence-electron chi connectivity index (χ2n) is 6.57. The minimum atomic E-state index is -0.0621. The number of hydrogen-bond donors (Lipinski definition) is 0. The van der Waals surface area contributed by atoms with Crippen LogP contribution in [0.2, 0.25) is 0 Å². The Morgan fingerprint density at radius 3 is 3.08 bits per heavy atom. The minimum Gasteiger partial charge on any atom is -0.375 e. The van der Waals surface area contributed by atoms with Gasteiger partial charge in [-0.2, -0.15) is 11.3 Å². The standard InChI is InChI=1S/C17H21N3O3S/c1-12-6-15(18-23-12)17(21)20-9-14-8-19(3-4-22-16(14)10-20)7-13-2-5-24-11-13/h2,5-6,11,14,16H,3-4,7-10H2,1H3/t14-,16+/m1/s1. The number of hydrogen-bond acceptors (Lipinski definition) is 6. The molecule has 0 saturated carbocycles. The highest BCUT2D eigenvalue weighted by atomic mass is 32.1. The van der Waals surface area contributed by atoms with Crippen molar-refractivity contribution < 1.29 is 14.1 Å². The Morgan fingerprint density at radius 1 is 1.42 bits per heavy atom. The van der Waals surface area contributed by atoms with Crippen LogP contribution in [0.15, 0.2) is 27.4 Å². The number of rotatable bonds is 3. The Kier molecular flexibility index (Phi) is 4.39. The van der Waals surface area contributed by atoms with Gasteiger partial charge in [0, 0.05) is 44.7 Å². The zero-order valence-electron chi connectivity index (χ0n) is 13.7. The number of fused-ring (bicyclic) bond motifs is 1. The third-order valence-corrected chi connectivity index (χ3v) is 5.47. The van der Waals surface area contributed by atoms with Crippen LogP contribution in [0.25, 0.3) is 0 Å². The van der Waals surface area contributed by atoms with Gasteiger partial charge in [0.15, 0.2) is 5.69 Å². The molecular weight excluding hydrogens is 326 g/mol. The van der Waals surface area contributed by atoms with E-state index >= 15 is 0 Å². The number of amides is 1. The summed E-state index contributed by atoms with van der Waals surface area (Å²) in [4.78, 5) is 16.8. The van der Waals surface area contributed by atoms with Gasteiger partial charge in [0.05, 0.1) is 12.7 Å². The van der Waals surface area contributed by atoms with E-state index < -0.39 is 0 Å². The molecule has 0 radical (unpaired) electrons. The van der Waals surface area contributed by atoms with Crippen molar-refractivity contribution in [2.75, 3.05) is 32.8 Å². The summed E-state index contributed by atoms with van der Waals surface area (Å²) in [5.41, 5.74) is 1.74. The van der Waals surface area contributed by atoms with Crippen molar-refractivity contribution in [3.05, 3.63) is 39.9 Å². The molecule has 2 aliphatic rings. The molecule has 4 heterocycles. The molecule has 6 nitrogen and oxygen atoms in total. The van der Waals surface area contributed by atoms with Gasteiger partial charge < -0.3 is 14.2 Å². The predicted molar refractivity (Wildman–Crippen MR) is 90.0 cm³/mol. The monoisotopic (exact) mass is 347 g/mol. The lowest BCUT2D eigenvalue weighted by Crippen LogP contribution is -2.33. The smallest absolute Gasteiger partial charge is 0.276 e. The first kappa shape index (κ1) is 15.8. The highest BCUT2D eigenvalue weighted by molar-refractivity contribution is 7.07. The Hall–Kier alpha value is -1.70. The molecule has 2 aliphatic heterocycles. The van der Waals surface area contributed by atoms with Gasteiger partial charge >= 0.3 is 0 Å². The van der Waals surface area contributed by atoms with E-state index in [1.54, 1.807) is 24.3 Å². The second kappa shape index (κ2) is 6.66. The van der Waals surface area contributed by atoms with Crippen LogP contribution < -0.4 is 0 Å². The molecule has 0 aliphatic carbocycles. The molecule has 128 valence electrons. The zero-order valence-corrected chi connectivity index (χ0v) is 14.5. The summed E-state index contributed by atoms with van der Waals surface area (Å²) in [6, 6.07) is 3.87. The lowest BCUT2D eigenvalue weighted by molar-refractivity contribution is 0.0481. The van der Waals surface area contributed by atoms with E-state index in [2.05, 4.69) is 26.9 Å². The van der Waals surface area contributed by atoms with Crippen molar-refractivity contribution in [2.24, 2.45) is 5.92 Å². The Bertz CT molecular complexity index is 700. The average molecular weight is 347 g/mol. The fourth-order valence-corrected chi connectivity index (χ4v) is 4.20. The third-order valence-electron chi connectivity index (χ3n) is 4.73. The number of carbonyl (C=O) groups excluding carboxylic acids is 1. The first-order valence-corrected chi connectivity index (χ1v) is 9.21. The lowest BCUT2D eigenvalue weighted by Gasteiger charge is -2.22. The van der Waals surface area contributed by atoms with Crippen molar-refractivity contribution in [1.82, 2.24) is 15.0 Å². The molecule has 1 amide bonds. The predicted octanol–water partition coefficient (Wildman–Crippen LogP) is 2.02. The second-order valence-corrected chi connectivity index (χ2v) is 7.35. The number of nitrogens with zero attached hydrogens (tertiary/aromatic N) is 3. The minimum absolute atomic E-state index is 0.0621. The molecule has 0 N–H and O–H groups in total. The maximum Gasteiger partial charge on any atom is 0.276 e. The summed E-state index contributed by atoms with van der Waals surface area (Å²) in [6.07, 6.45) is 0.120. The Morgan fingerprint density at radius 2 is 2.33 bits per heavy atom. The van der Waals surface area contributed by atoms with Gasteiger partial charge in [-0.25, -0.2) is 0 Å². The summed E-state index contributed by atoms with van der Waals surface area (Å²) in [6.45, 7) is 6.73. The highest BCUT2D eigenvalue weighted by Crippen LogP contribution is 2.26. The van der Waals surface area contributed by atoms with Crippen molar-refractivity contribution in [2.45, 2.75) is 19.6 Å². The van der Waals surface area contributed by atoms with Gasteiger partial charge in [0.1, 0.15) is 5.76 Å². The maximum absolute atomic E-state index is 12.6. The van der Waals surface area contributed by atoms with Crippen molar-refractivity contribution in [1.29, 1.82) is 0 Å². The summed E-state index contributed by atoms with van der Waals surface area (Å²) >= 11 is 1.73. The summed E-state index contributed by atoms with van der Waals surface area (Å²) < 4.78 is 11.0. The van der Waals surface area contributed by atoms with Gasteiger partial charge in [-0.3, -0.25) is 9.69 Å². The van der Waals surface area contributed by atoms with E-state index in [1.165, 1.54) is 5.56 Å². The lowest BCUT2D eigenvalue weighted by atomic mass is 10.1. The summed E-state index contributed by atoms with van der Waals surface area (Å²) in [7, 11) is 0. The van der Waals surface area contributed by atoms with Crippen LogP contribution in [0.3, 0.4) is 0 Å². The van der Waals surface area contributed by atoms with Crippen LogP contribution in [-0.4, -0.2) is 59.8 Å². The van der Waals surface area contributed by atoms with Crippen LogP contribution in [-0.2, 0) is 11.3 Å². The van der Waals surface area contributed by atoms with Gasteiger partial charge in [0.25, 0.3) is 5.91 Å². The maximum atomic E-state index is 12.6. The largest absolute Gasteiger partial charge is 0.375 e. The molecule has 2 aromatic rings. The first-order chi connectivity index (χ1) is 11.7. The molecule has 0 unspecified atom stereocenters. The number of carbonyl (C=O) groups is 1. The van der Waals surface area contributed by atoms with E-state index in [4.69, 9.17) is 9.26 Å². The number of aromatic nitrogens is 1. The van der Waals surface area contributed by atoms with Crippen LogP contribution in [0.1, 0.15) is 21.8 Å². The highest BCUT2D eigenvalue weighted by Gasteiger charge is 2.39. The number of ether oxygens (including phenoxy) is 1. The molecule has 0 bridgehead atoms. The molecule has 7 heteroatoms. The van der Waals surface area contributed by atoms with E-state index in [9.17, 15) is 4.79 Å². The van der Waals surface area contributed by atoms with Crippen LogP contribution in [0.4, 0.5) is 0 Å². The fraction of sp³-hybridized carbons (Fsp3) is 0.529. The van der Waals surface area contributed by atoms with E-state index in [0.29, 0.717) is 23.9 Å². The summed E-state index contributed by atoms with van der Waals surface area (Å²) in [5, 5.41) is 8.15. The van der Waals surface area contributed by atoms with E-state index in [1.807, 2.05) is 4.90 Å². The topological polar surface area (TPSA) is 58.8 Å². The Balaban J connectivity index is 1.41. The molecule has 2 aromatic heterocycles. The molecule has 2 atom stereocenters. The van der Waals surface area contributed by atoms with E-state index in [-0.39, 0.29) is 12.0 Å². The molecular formula is C17H21N3O3S. The number of likely N-dealkylation sites (tertiary alicyclic amines) is 1. The van der Waals surface area contributed by atoms with Crippen molar-refractivity contribution in [3.63, 3.8) is 0 Å². The summed E-state index contributed by atoms with van der Waals surface area (Å²) in [5.74, 6) is 0.945. The molecule has 4 rings (SSSR count). The Labute approximate surface area is 145 Å². The van der Waals surface area contributed by atoms with Gasteiger partial charge in [-0.15, -0.1) is 0 Å². The van der Waals surface area contributed by atoms with Crippen LogP contribution >= 0.6 is 11.3 Å². The number of thiophene rings is 1. The fourth-order valence-electron chi connectivity index (χ4n) is 3.54. The third kappa shape index (κ3) is 3.24. The van der Waals surface area contributed by atoms with E-state index in [0.717, 1.165) is 32.8 Å². The quantitative estimate of drug-likeness (QED) is 0.850. The first-order valence-electron chi connectivity index (χ1n) is 8.26. The van der Waals surface area contributed by atoms with Crippen molar-refractivity contribution in [3.8, 4) is 0 Å². The normalized spacial score (nSPS) is 24.8. The molecule has 0 aromatic carbocycles. The van der Waals surface area contributed by atoms with Crippen LogP contribution in [0.5, 0.6) is 0 Å². The SMILES string of the molecule is Cc1cc(C(=O)N2C[C@H]3CN(Cc4ccsc4)CCO[C@H]3C2)no1. The van der Waals surface area contributed by atoms with Gasteiger partial charge in [-0.1, -0.05) is 5.16 Å². The van der Waals surface area contributed by atoms with Crippen LogP contribution in [0, 0.1) is 12.8 Å². The molecule has 24 heavy (non-hydrogen) atoms. The van der Waals surface area contributed by atoms with Gasteiger partial charge in [0.2, 0.25) is 0 Å². The molecule has 2 saturated heterocycles. The zero-order chi connectivity index (χ0) is 16.5. The number of aryl methyl sites for hydroxylation is 1.